The normalized spacial score (nSPS) is 21.8. The lowest BCUT2D eigenvalue weighted by molar-refractivity contribution is -0.124. The Morgan fingerprint density at radius 2 is 1.88 bits per heavy atom. The number of ether oxygens (including phenoxy) is 1. The van der Waals surface area contributed by atoms with Gasteiger partial charge in [0.05, 0.1) is 30.0 Å². The second kappa shape index (κ2) is 8.44. The Hall–Kier alpha value is -3.38. The van der Waals surface area contributed by atoms with Crippen LogP contribution in [0.4, 0.5) is 4.39 Å². The number of aromatic nitrogens is 4. The largest absolute Gasteiger partial charge is 0.480 e. The lowest BCUT2D eigenvalue weighted by Gasteiger charge is -2.25. The van der Waals surface area contributed by atoms with Crippen molar-refractivity contribution in [3.63, 3.8) is 0 Å². The number of rotatable bonds is 7. The van der Waals surface area contributed by atoms with E-state index in [1.807, 2.05) is 0 Å². The molecule has 2 bridgehead atoms. The summed E-state index contributed by atoms with van der Waals surface area (Å²) in [4.78, 5) is 21.4. The fourth-order valence-corrected chi connectivity index (χ4v) is 6.40. The molecule has 3 fully saturated rings. The molecule has 178 valence electrons. The number of sulfonamides is 1. The molecule has 12 heteroatoms. The van der Waals surface area contributed by atoms with E-state index in [1.54, 1.807) is 30.2 Å². The van der Waals surface area contributed by atoms with E-state index in [0.717, 1.165) is 12.1 Å². The van der Waals surface area contributed by atoms with Crippen LogP contribution in [-0.2, 0) is 21.4 Å². The van der Waals surface area contributed by atoms with Crippen molar-refractivity contribution in [1.82, 2.24) is 29.4 Å². The minimum atomic E-state index is -3.94. The summed E-state index contributed by atoms with van der Waals surface area (Å²) in [7, 11) is -2.46. The smallest absolute Gasteiger partial charge is 0.244 e. The number of carbonyl (C=O) groups is 1. The standard InChI is InChI=1S/C22H23FN6O4S/c1-13-24-10-18(11-25-13)28-12-15(22(27-28)33-2)9-26-21(30)20-14-7-17(8-14)29(20)34(31,32)19-5-3-16(23)4-6-19/h3-6,10-12,14,17,20H,7-9H2,1-2H3,(H,26,30)/t14?,17?,20-/m0/s1. The Bertz CT molecular complexity index is 1320. The minimum absolute atomic E-state index is 0.0255. The van der Waals surface area contributed by atoms with E-state index in [9.17, 15) is 17.6 Å². The van der Waals surface area contributed by atoms with Gasteiger partial charge in [0.15, 0.2) is 0 Å². The van der Waals surface area contributed by atoms with Crippen LogP contribution in [-0.4, -0.2) is 57.6 Å². The van der Waals surface area contributed by atoms with E-state index in [4.69, 9.17) is 4.74 Å². The Labute approximate surface area is 195 Å². The maximum atomic E-state index is 13.3. The van der Waals surface area contributed by atoms with Crippen LogP contribution in [0.3, 0.4) is 0 Å². The summed E-state index contributed by atoms with van der Waals surface area (Å²) >= 11 is 0. The molecular formula is C22H23FN6O4S. The van der Waals surface area contributed by atoms with Crippen LogP contribution in [0.2, 0.25) is 0 Å². The molecule has 1 atom stereocenters. The van der Waals surface area contributed by atoms with E-state index < -0.39 is 21.9 Å². The number of amides is 1. The van der Waals surface area contributed by atoms with Crippen LogP contribution in [0.25, 0.3) is 5.69 Å². The first-order valence-electron chi connectivity index (χ1n) is 10.8. The number of benzene rings is 1. The Balaban J connectivity index is 1.33. The van der Waals surface area contributed by atoms with Gasteiger partial charge in [-0.1, -0.05) is 0 Å². The predicted octanol–water partition coefficient (Wildman–Crippen LogP) is 1.59. The summed E-state index contributed by atoms with van der Waals surface area (Å²) in [6.45, 7) is 1.88. The molecule has 2 aromatic heterocycles. The third kappa shape index (κ3) is 3.82. The number of nitrogens with zero attached hydrogens (tertiary/aromatic N) is 5. The lowest BCUT2D eigenvalue weighted by Crippen LogP contribution is -2.46. The average Bonchev–Trinajstić information content (AvgIpc) is 3.49. The van der Waals surface area contributed by atoms with Crippen LogP contribution >= 0.6 is 0 Å². The van der Waals surface area contributed by atoms with Crippen LogP contribution in [0.1, 0.15) is 24.2 Å². The summed E-state index contributed by atoms with van der Waals surface area (Å²) in [5, 5.41) is 7.19. The summed E-state index contributed by atoms with van der Waals surface area (Å²) in [6, 6.07) is 3.62. The highest BCUT2D eigenvalue weighted by Crippen LogP contribution is 2.48. The molecule has 3 aliphatic rings. The SMILES string of the molecule is COc1nn(-c2cnc(C)nc2)cc1CNC(=O)[C@@H]1C2CC(C2)N1S(=O)(=O)c1ccc(F)cc1. The molecule has 1 aliphatic carbocycles. The molecule has 0 spiro atoms. The molecule has 3 aromatic rings. The first-order valence-corrected chi connectivity index (χ1v) is 12.2. The first-order chi connectivity index (χ1) is 16.3. The molecule has 10 nitrogen and oxygen atoms in total. The molecule has 34 heavy (non-hydrogen) atoms. The highest BCUT2D eigenvalue weighted by molar-refractivity contribution is 7.89. The summed E-state index contributed by atoms with van der Waals surface area (Å²) < 4.78 is 47.9. The summed E-state index contributed by atoms with van der Waals surface area (Å²) in [6.07, 6.45) is 6.22. The van der Waals surface area contributed by atoms with Crippen LogP contribution in [0.5, 0.6) is 5.88 Å². The lowest BCUT2D eigenvalue weighted by atomic mass is 9.83. The number of hydrogen-bond donors (Lipinski definition) is 1. The fraction of sp³-hybridized carbons (Fsp3) is 0.364. The second-order valence-electron chi connectivity index (χ2n) is 8.43. The molecule has 1 aromatic carbocycles. The maximum absolute atomic E-state index is 13.3. The third-order valence-electron chi connectivity index (χ3n) is 6.32. The first kappa shape index (κ1) is 22.4. The zero-order valence-electron chi connectivity index (χ0n) is 18.6. The highest BCUT2D eigenvalue weighted by Gasteiger charge is 2.58. The van der Waals surface area contributed by atoms with Gasteiger partial charge in [-0.05, 0) is 49.9 Å². The number of fused-ring (bicyclic) bond motifs is 1. The maximum Gasteiger partial charge on any atom is 0.244 e. The molecule has 2 aliphatic heterocycles. The van der Waals surface area contributed by atoms with Gasteiger partial charge in [-0.15, -0.1) is 5.10 Å². The molecule has 1 amide bonds. The van der Waals surface area contributed by atoms with E-state index in [1.165, 1.54) is 23.5 Å². The van der Waals surface area contributed by atoms with Gasteiger partial charge in [-0.3, -0.25) is 4.79 Å². The van der Waals surface area contributed by atoms with Crippen molar-refractivity contribution >= 4 is 15.9 Å². The molecule has 6 rings (SSSR count). The van der Waals surface area contributed by atoms with Crippen molar-refractivity contribution in [2.45, 2.75) is 43.3 Å². The molecule has 2 saturated heterocycles. The van der Waals surface area contributed by atoms with Gasteiger partial charge in [0.25, 0.3) is 0 Å². The van der Waals surface area contributed by atoms with Gasteiger partial charge in [0, 0.05) is 18.8 Å². The molecule has 4 heterocycles. The van der Waals surface area contributed by atoms with Crippen LogP contribution < -0.4 is 10.1 Å². The number of hydrogen-bond acceptors (Lipinski definition) is 7. The zero-order chi connectivity index (χ0) is 24.0. The second-order valence-corrected chi connectivity index (χ2v) is 10.3. The van der Waals surface area contributed by atoms with Gasteiger partial charge >= 0.3 is 0 Å². The Morgan fingerprint density at radius 1 is 1.21 bits per heavy atom. The van der Waals surface area contributed by atoms with Gasteiger partial charge in [-0.25, -0.2) is 27.5 Å². The van der Waals surface area contributed by atoms with Crippen molar-refractivity contribution < 1.29 is 22.3 Å². The van der Waals surface area contributed by atoms with E-state index in [2.05, 4.69) is 20.4 Å². The molecule has 1 saturated carbocycles. The zero-order valence-corrected chi connectivity index (χ0v) is 19.4. The quantitative estimate of drug-likeness (QED) is 0.539. The van der Waals surface area contributed by atoms with Gasteiger partial charge in [-0.2, -0.15) is 4.31 Å². The summed E-state index contributed by atoms with van der Waals surface area (Å²) in [5.41, 5.74) is 1.25. The molecule has 0 unspecified atom stereocenters. The van der Waals surface area contributed by atoms with Crippen molar-refractivity contribution in [1.29, 1.82) is 0 Å². The number of halogens is 1. The van der Waals surface area contributed by atoms with Crippen LogP contribution in [0.15, 0.2) is 47.8 Å². The van der Waals surface area contributed by atoms with Gasteiger partial charge < -0.3 is 10.1 Å². The average molecular weight is 487 g/mol. The van der Waals surface area contributed by atoms with Crippen LogP contribution in [0, 0.1) is 18.7 Å². The monoisotopic (exact) mass is 486 g/mol. The van der Waals surface area contributed by atoms with Crippen molar-refractivity contribution in [2.24, 2.45) is 5.92 Å². The van der Waals surface area contributed by atoms with Gasteiger partial charge in [0.2, 0.25) is 21.8 Å². The Morgan fingerprint density at radius 3 is 2.53 bits per heavy atom. The van der Waals surface area contributed by atoms with Gasteiger partial charge in [0.1, 0.15) is 23.4 Å². The topological polar surface area (TPSA) is 119 Å². The van der Waals surface area contributed by atoms with Crippen molar-refractivity contribution in [2.75, 3.05) is 7.11 Å². The van der Waals surface area contributed by atoms with Crippen molar-refractivity contribution in [3.05, 3.63) is 60.1 Å². The number of methoxy groups -OCH3 is 1. The molecule has 1 N–H and O–H groups in total. The van der Waals surface area contributed by atoms with E-state index >= 15 is 0 Å². The number of nitrogens with one attached hydrogen (secondary N) is 1. The Kier molecular flexibility index (Phi) is 5.56. The fourth-order valence-electron chi connectivity index (χ4n) is 4.54. The van der Waals surface area contributed by atoms with E-state index in [-0.39, 0.29) is 29.3 Å². The van der Waals surface area contributed by atoms with E-state index in [0.29, 0.717) is 35.8 Å². The van der Waals surface area contributed by atoms with Crippen molar-refractivity contribution in [3.8, 4) is 11.6 Å². The molecular weight excluding hydrogens is 463 g/mol. The highest BCUT2D eigenvalue weighted by atomic mass is 32.2. The number of carbonyl (C=O) groups excluding carboxylic acids is 1. The molecule has 0 radical (unpaired) electrons. The third-order valence-corrected chi connectivity index (χ3v) is 8.27. The summed E-state index contributed by atoms with van der Waals surface area (Å²) in [5.74, 6) is 0.00203. The predicted molar refractivity (Wildman–Crippen MR) is 118 cm³/mol. The minimum Gasteiger partial charge on any atom is -0.480 e. The number of aryl methyl sites for hydroxylation is 1.